The summed E-state index contributed by atoms with van der Waals surface area (Å²) in [5, 5.41) is 9.69. The lowest BCUT2D eigenvalue weighted by atomic mass is 9.89. The maximum atomic E-state index is 9.69. The van der Waals surface area contributed by atoms with E-state index >= 15 is 0 Å². The molecule has 1 heterocycles. The number of nitrogen functional groups attached to an aromatic ring is 1. The Morgan fingerprint density at radius 2 is 1.73 bits per heavy atom. The Hall–Kier alpha value is -3.32. The molecule has 4 nitrogen and oxygen atoms in total. The Bertz CT molecular complexity index is 1020. The van der Waals surface area contributed by atoms with Crippen molar-refractivity contribution in [2.24, 2.45) is 0 Å². The van der Waals surface area contributed by atoms with E-state index in [-0.39, 0.29) is 5.82 Å². The molecule has 130 valence electrons. The van der Waals surface area contributed by atoms with Crippen LogP contribution >= 0.6 is 0 Å². The van der Waals surface area contributed by atoms with Crippen LogP contribution in [0.15, 0.2) is 42.5 Å². The maximum absolute atomic E-state index is 9.69. The van der Waals surface area contributed by atoms with Crippen molar-refractivity contribution >= 4 is 5.82 Å². The summed E-state index contributed by atoms with van der Waals surface area (Å²) in [7, 11) is 1.64. The van der Waals surface area contributed by atoms with Gasteiger partial charge in [0.05, 0.1) is 12.8 Å². The highest BCUT2D eigenvalue weighted by Gasteiger charge is 2.19. The average molecular weight is 343 g/mol. The summed E-state index contributed by atoms with van der Waals surface area (Å²) in [4.78, 5) is 4.52. The normalized spacial score (nSPS) is 10.4. The predicted octanol–water partition coefficient (Wildman–Crippen LogP) is 4.80. The number of hydrogen-bond acceptors (Lipinski definition) is 4. The number of aromatic nitrogens is 1. The third-order valence-electron chi connectivity index (χ3n) is 4.61. The molecule has 1 aromatic heterocycles. The lowest BCUT2D eigenvalue weighted by Crippen LogP contribution is -2.04. The zero-order valence-electron chi connectivity index (χ0n) is 15.4. The summed E-state index contributed by atoms with van der Waals surface area (Å²) in [5.74, 6) is 1.03. The lowest BCUT2D eigenvalue weighted by Gasteiger charge is -2.17. The van der Waals surface area contributed by atoms with Gasteiger partial charge in [-0.2, -0.15) is 5.26 Å². The molecule has 3 rings (SSSR count). The molecular weight excluding hydrogens is 322 g/mol. The lowest BCUT2D eigenvalue weighted by molar-refractivity contribution is 0.415. The largest absolute Gasteiger partial charge is 0.497 e. The number of nitriles is 1. The molecule has 2 aromatic carbocycles. The van der Waals surface area contributed by atoms with Crippen LogP contribution < -0.4 is 10.5 Å². The van der Waals surface area contributed by atoms with Gasteiger partial charge in [-0.1, -0.05) is 23.8 Å². The van der Waals surface area contributed by atoms with Crippen molar-refractivity contribution in [1.82, 2.24) is 4.98 Å². The van der Waals surface area contributed by atoms with E-state index < -0.39 is 0 Å². The molecule has 0 saturated carbocycles. The zero-order valence-corrected chi connectivity index (χ0v) is 15.4. The summed E-state index contributed by atoms with van der Waals surface area (Å²) in [5.41, 5.74) is 13.3. The van der Waals surface area contributed by atoms with Gasteiger partial charge in [-0.15, -0.1) is 0 Å². The fraction of sp³-hybridized carbons (Fsp3) is 0.182. The van der Waals surface area contributed by atoms with Crippen LogP contribution in [-0.4, -0.2) is 12.1 Å². The van der Waals surface area contributed by atoms with E-state index in [1.165, 1.54) is 0 Å². The fourth-order valence-electron chi connectivity index (χ4n) is 3.18. The van der Waals surface area contributed by atoms with Gasteiger partial charge in [0.2, 0.25) is 0 Å². The smallest absolute Gasteiger partial charge is 0.142 e. The van der Waals surface area contributed by atoms with Crippen molar-refractivity contribution in [1.29, 1.82) is 5.26 Å². The van der Waals surface area contributed by atoms with Crippen LogP contribution in [0.25, 0.3) is 22.4 Å². The van der Waals surface area contributed by atoms with Crippen LogP contribution in [0.3, 0.4) is 0 Å². The van der Waals surface area contributed by atoms with E-state index in [1.54, 1.807) is 7.11 Å². The van der Waals surface area contributed by atoms with Gasteiger partial charge >= 0.3 is 0 Å². The van der Waals surface area contributed by atoms with Gasteiger partial charge in [-0.25, -0.2) is 4.98 Å². The van der Waals surface area contributed by atoms with Gasteiger partial charge in [0, 0.05) is 11.1 Å². The number of nitrogens with zero attached hydrogens (tertiary/aromatic N) is 2. The topological polar surface area (TPSA) is 71.9 Å². The number of benzene rings is 2. The summed E-state index contributed by atoms with van der Waals surface area (Å²) in [6, 6.07) is 16.1. The highest BCUT2D eigenvalue weighted by molar-refractivity contribution is 5.85. The molecule has 0 radical (unpaired) electrons. The van der Waals surface area contributed by atoms with Crippen LogP contribution in [0.5, 0.6) is 5.75 Å². The molecule has 26 heavy (non-hydrogen) atoms. The van der Waals surface area contributed by atoms with Gasteiger partial charge in [0.25, 0.3) is 0 Å². The second-order valence-corrected chi connectivity index (χ2v) is 6.38. The van der Waals surface area contributed by atoms with E-state index in [0.29, 0.717) is 5.56 Å². The van der Waals surface area contributed by atoms with Gasteiger partial charge in [-0.3, -0.25) is 0 Å². The molecule has 0 aliphatic heterocycles. The molecule has 3 aromatic rings. The molecule has 0 aliphatic rings. The molecule has 0 unspecified atom stereocenters. The van der Waals surface area contributed by atoms with Crippen molar-refractivity contribution < 1.29 is 4.74 Å². The number of rotatable bonds is 3. The number of anilines is 1. The second-order valence-electron chi connectivity index (χ2n) is 6.38. The molecule has 0 atom stereocenters. The monoisotopic (exact) mass is 343 g/mol. The first-order valence-electron chi connectivity index (χ1n) is 8.38. The Balaban J connectivity index is 2.31. The molecule has 4 heteroatoms. The molecule has 2 N–H and O–H groups in total. The molecule has 0 saturated heterocycles. The first kappa shape index (κ1) is 17.5. The van der Waals surface area contributed by atoms with Gasteiger partial charge in [-0.05, 0) is 61.7 Å². The number of ether oxygens (including phenoxy) is 1. The van der Waals surface area contributed by atoms with Crippen LogP contribution in [0.1, 0.15) is 22.3 Å². The third kappa shape index (κ3) is 3.00. The van der Waals surface area contributed by atoms with Crippen LogP contribution in [0.4, 0.5) is 5.82 Å². The summed E-state index contributed by atoms with van der Waals surface area (Å²) in [6.45, 7) is 6.07. The zero-order chi connectivity index (χ0) is 18.8. The Labute approximate surface area is 153 Å². The van der Waals surface area contributed by atoms with E-state index in [0.717, 1.165) is 44.8 Å². The van der Waals surface area contributed by atoms with Gasteiger partial charge < -0.3 is 10.5 Å². The minimum absolute atomic E-state index is 0.250. The van der Waals surface area contributed by atoms with Gasteiger partial charge in [0.1, 0.15) is 23.2 Å². The van der Waals surface area contributed by atoms with E-state index in [1.807, 2.05) is 45.0 Å². The van der Waals surface area contributed by atoms with Crippen molar-refractivity contribution in [3.05, 3.63) is 64.7 Å². The van der Waals surface area contributed by atoms with Crippen molar-refractivity contribution in [2.45, 2.75) is 20.8 Å². The van der Waals surface area contributed by atoms with Crippen molar-refractivity contribution in [2.75, 3.05) is 12.8 Å². The number of hydrogen-bond donors (Lipinski definition) is 1. The summed E-state index contributed by atoms with van der Waals surface area (Å²) in [6.07, 6.45) is 0. The van der Waals surface area contributed by atoms with Crippen LogP contribution in [0, 0.1) is 32.1 Å². The number of methoxy groups -OCH3 is 1. The highest BCUT2D eigenvalue weighted by Crippen LogP contribution is 2.37. The average Bonchev–Trinajstić information content (AvgIpc) is 2.65. The van der Waals surface area contributed by atoms with E-state index in [2.05, 4.69) is 29.3 Å². The minimum atomic E-state index is 0.250. The first-order valence-corrected chi connectivity index (χ1v) is 8.38. The van der Waals surface area contributed by atoms with E-state index in [4.69, 9.17) is 10.5 Å². The maximum Gasteiger partial charge on any atom is 0.142 e. The standard InChI is InChI=1S/C22H21N3O/c1-13-5-6-14(2)18(11-13)20-15(3)21(25-22(24)19(20)12-23)16-7-9-17(26-4)10-8-16/h5-11H,1-4H3,(H2,24,25). The van der Waals surface area contributed by atoms with Crippen molar-refractivity contribution in [3.8, 4) is 34.2 Å². The number of aryl methyl sites for hydroxylation is 2. The number of nitrogens with two attached hydrogens (primary N) is 1. The predicted molar refractivity (Wildman–Crippen MR) is 105 cm³/mol. The Morgan fingerprint density at radius 3 is 2.35 bits per heavy atom. The minimum Gasteiger partial charge on any atom is -0.497 e. The van der Waals surface area contributed by atoms with Gasteiger partial charge in [0.15, 0.2) is 0 Å². The van der Waals surface area contributed by atoms with E-state index in [9.17, 15) is 5.26 Å². The SMILES string of the molecule is COc1ccc(-c2nc(N)c(C#N)c(-c3cc(C)ccc3C)c2C)cc1. The van der Waals surface area contributed by atoms with Crippen LogP contribution in [-0.2, 0) is 0 Å². The van der Waals surface area contributed by atoms with Crippen molar-refractivity contribution in [3.63, 3.8) is 0 Å². The number of pyridine rings is 1. The highest BCUT2D eigenvalue weighted by atomic mass is 16.5. The summed E-state index contributed by atoms with van der Waals surface area (Å²) >= 11 is 0. The molecule has 0 bridgehead atoms. The summed E-state index contributed by atoms with van der Waals surface area (Å²) < 4.78 is 5.23. The Kier molecular flexibility index (Phi) is 4.64. The quantitative estimate of drug-likeness (QED) is 0.741. The molecule has 0 amide bonds. The second kappa shape index (κ2) is 6.89. The molecule has 0 fully saturated rings. The molecule has 0 aliphatic carbocycles. The molecular formula is C22H21N3O. The Morgan fingerprint density at radius 1 is 1.04 bits per heavy atom. The first-order chi connectivity index (χ1) is 12.5. The van der Waals surface area contributed by atoms with Crippen LogP contribution in [0.2, 0.25) is 0 Å². The molecule has 0 spiro atoms. The third-order valence-corrected chi connectivity index (χ3v) is 4.61. The fourth-order valence-corrected chi connectivity index (χ4v) is 3.18.